The van der Waals surface area contributed by atoms with Crippen LogP contribution < -0.4 is 46.3 Å². The fourth-order valence-corrected chi connectivity index (χ4v) is 1.83. The van der Waals surface area contributed by atoms with E-state index >= 15 is 0 Å². The zero-order valence-corrected chi connectivity index (χ0v) is 15.6. The van der Waals surface area contributed by atoms with Crippen molar-refractivity contribution in [2.75, 3.05) is 13.2 Å². The monoisotopic (exact) mass is 330 g/mol. The van der Waals surface area contributed by atoms with E-state index in [4.69, 9.17) is 16.2 Å². The number of guanidine groups is 1. The Morgan fingerprint density at radius 1 is 1.30 bits per heavy atom. The molecule has 1 aromatic carbocycles. The van der Waals surface area contributed by atoms with Gasteiger partial charge in [-0.1, -0.05) is 18.2 Å². The van der Waals surface area contributed by atoms with Crippen LogP contribution in [-0.4, -0.2) is 37.0 Å². The third-order valence-electron chi connectivity index (χ3n) is 2.86. The smallest absolute Gasteiger partial charge is 1.00 e. The molecule has 122 valence electrons. The molecule has 0 fully saturated rings. The third kappa shape index (κ3) is 8.59. The van der Waals surface area contributed by atoms with Gasteiger partial charge in [0.2, 0.25) is 0 Å². The first-order chi connectivity index (χ1) is 10.5. The zero-order valence-electron chi connectivity index (χ0n) is 14.6. The van der Waals surface area contributed by atoms with E-state index in [-0.39, 0.29) is 49.5 Å². The Morgan fingerprint density at radius 2 is 1.96 bits per heavy atom. The molecule has 0 saturated heterocycles. The zero-order chi connectivity index (χ0) is 16.4. The Hall–Kier alpha value is -1.57. The summed E-state index contributed by atoms with van der Waals surface area (Å²) in [5.41, 5.74) is 11.0. The normalized spacial score (nSPS) is 10.8. The molecule has 0 spiro atoms. The second-order valence-electron chi connectivity index (χ2n) is 4.59. The molecule has 0 aliphatic carbocycles. The molecular weight excluding hydrogens is 307 g/mol. The van der Waals surface area contributed by atoms with Crippen LogP contribution in [0.2, 0.25) is 0 Å². The van der Waals surface area contributed by atoms with E-state index in [1.807, 2.05) is 6.07 Å². The number of hydrogen-bond acceptors (Lipinski definition) is 4. The van der Waals surface area contributed by atoms with Crippen molar-refractivity contribution in [2.24, 2.45) is 16.5 Å². The molecule has 5 N–H and O–H groups in total. The van der Waals surface area contributed by atoms with Gasteiger partial charge in [-0.25, -0.2) is 4.79 Å². The van der Waals surface area contributed by atoms with Crippen molar-refractivity contribution in [1.82, 2.24) is 5.32 Å². The van der Waals surface area contributed by atoms with E-state index in [0.717, 1.165) is 0 Å². The van der Waals surface area contributed by atoms with Crippen LogP contribution in [0.5, 0.6) is 0 Å². The molecule has 7 nitrogen and oxygen atoms in total. The second-order valence-corrected chi connectivity index (χ2v) is 4.59. The van der Waals surface area contributed by atoms with Crippen LogP contribution in [0.3, 0.4) is 0 Å². The van der Waals surface area contributed by atoms with Crippen LogP contribution >= 0.6 is 0 Å². The van der Waals surface area contributed by atoms with Crippen LogP contribution in [0.15, 0.2) is 35.3 Å². The number of rotatable bonds is 8. The minimum Gasteiger partial charge on any atom is -1.00 e. The quantitative estimate of drug-likeness (QED) is 0.160. The molecule has 0 aromatic heterocycles. The fourth-order valence-electron chi connectivity index (χ4n) is 1.83. The molecule has 0 unspecified atom stereocenters. The van der Waals surface area contributed by atoms with Crippen molar-refractivity contribution in [3.05, 3.63) is 35.9 Å². The van der Waals surface area contributed by atoms with Gasteiger partial charge in [0.15, 0.2) is 5.96 Å². The molecule has 0 saturated carbocycles. The SMILES string of the molecule is CCOC(=O)[C@H](CCCN=C(N)N)NC(=O)c1ccccc1.[H-].[Na+]. The number of carbonyl (C=O) groups excluding carboxylic acids is 2. The van der Waals surface area contributed by atoms with Gasteiger partial charge in [0.1, 0.15) is 6.04 Å². The van der Waals surface area contributed by atoms with E-state index in [1.165, 1.54) is 0 Å². The Bertz CT molecular complexity index is 525. The standard InChI is InChI=1S/C15H22N4O3.Na.H/c1-2-22-14(21)12(9-6-10-18-15(16)17)19-13(20)11-7-4-3-5-8-11;;/h3-5,7-8,12H,2,6,9-10H2,1H3,(H,19,20)(H4,16,17,18);;/q;+1;-1/t12-;;/m0../s1. The van der Waals surface area contributed by atoms with Crippen molar-refractivity contribution in [2.45, 2.75) is 25.8 Å². The number of benzene rings is 1. The number of carbonyl (C=O) groups is 2. The molecule has 0 radical (unpaired) electrons. The molecule has 8 heteroatoms. The number of amides is 1. The first kappa shape index (κ1) is 21.4. The molecule has 0 aliphatic heterocycles. The Balaban J connectivity index is 0. The Labute approximate surface area is 159 Å². The van der Waals surface area contributed by atoms with Crippen LogP contribution in [0.25, 0.3) is 0 Å². The Morgan fingerprint density at radius 3 is 2.52 bits per heavy atom. The average Bonchev–Trinajstić information content (AvgIpc) is 2.51. The van der Waals surface area contributed by atoms with Crippen molar-refractivity contribution < 1.29 is 45.3 Å². The van der Waals surface area contributed by atoms with Crippen molar-refractivity contribution >= 4 is 17.8 Å². The number of aliphatic imine (C=N–C) groups is 1. The summed E-state index contributed by atoms with van der Waals surface area (Å²) in [6, 6.07) is 7.96. The van der Waals surface area contributed by atoms with Crippen LogP contribution in [0.1, 0.15) is 31.6 Å². The largest absolute Gasteiger partial charge is 1.00 e. The van der Waals surface area contributed by atoms with Gasteiger partial charge in [0.25, 0.3) is 5.91 Å². The first-order valence-electron chi connectivity index (χ1n) is 7.12. The van der Waals surface area contributed by atoms with E-state index in [9.17, 15) is 9.59 Å². The summed E-state index contributed by atoms with van der Waals surface area (Å²) >= 11 is 0. The molecule has 0 heterocycles. The van der Waals surface area contributed by atoms with Gasteiger partial charge in [0, 0.05) is 12.1 Å². The maximum atomic E-state index is 12.1. The molecule has 1 rings (SSSR count). The van der Waals surface area contributed by atoms with E-state index in [2.05, 4.69) is 10.3 Å². The van der Waals surface area contributed by atoms with Gasteiger partial charge >= 0.3 is 35.5 Å². The minimum absolute atomic E-state index is 0. The topological polar surface area (TPSA) is 120 Å². The van der Waals surface area contributed by atoms with Gasteiger partial charge in [-0.05, 0) is 31.9 Å². The molecule has 1 atom stereocenters. The maximum absolute atomic E-state index is 12.1. The summed E-state index contributed by atoms with van der Waals surface area (Å²) < 4.78 is 4.98. The number of nitrogens with zero attached hydrogens (tertiary/aromatic N) is 1. The summed E-state index contributed by atoms with van der Waals surface area (Å²) in [4.78, 5) is 27.9. The minimum atomic E-state index is -0.721. The van der Waals surface area contributed by atoms with E-state index in [0.29, 0.717) is 24.9 Å². The van der Waals surface area contributed by atoms with Crippen LogP contribution in [0, 0.1) is 0 Å². The first-order valence-corrected chi connectivity index (χ1v) is 7.12. The van der Waals surface area contributed by atoms with Crippen molar-refractivity contribution in [3.63, 3.8) is 0 Å². The Kier molecular flexibility index (Phi) is 11.1. The predicted molar refractivity (Wildman–Crippen MR) is 85.4 cm³/mol. The van der Waals surface area contributed by atoms with E-state index in [1.54, 1.807) is 31.2 Å². The molecule has 0 bridgehead atoms. The van der Waals surface area contributed by atoms with Gasteiger partial charge in [-0.15, -0.1) is 0 Å². The number of nitrogens with two attached hydrogens (primary N) is 2. The number of hydrogen-bond donors (Lipinski definition) is 3. The molecule has 0 aliphatic rings. The number of nitrogens with one attached hydrogen (secondary N) is 1. The summed E-state index contributed by atoms with van der Waals surface area (Å²) in [5.74, 6) is -0.780. The maximum Gasteiger partial charge on any atom is 1.00 e. The number of ether oxygens (including phenoxy) is 1. The van der Waals surface area contributed by atoms with Gasteiger partial charge < -0.3 is 22.9 Å². The van der Waals surface area contributed by atoms with Gasteiger partial charge in [-0.3, -0.25) is 9.79 Å². The summed E-state index contributed by atoms with van der Waals surface area (Å²) in [7, 11) is 0. The van der Waals surface area contributed by atoms with Gasteiger partial charge in [-0.2, -0.15) is 0 Å². The third-order valence-corrected chi connectivity index (χ3v) is 2.86. The molecule has 1 aromatic rings. The van der Waals surface area contributed by atoms with E-state index < -0.39 is 12.0 Å². The van der Waals surface area contributed by atoms with Gasteiger partial charge in [0.05, 0.1) is 6.61 Å². The molecule has 23 heavy (non-hydrogen) atoms. The van der Waals surface area contributed by atoms with Crippen LogP contribution in [0.4, 0.5) is 0 Å². The summed E-state index contributed by atoms with van der Waals surface area (Å²) in [6.45, 7) is 2.36. The van der Waals surface area contributed by atoms with Crippen molar-refractivity contribution in [1.29, 1.82) is 0 Å². The van der Waals surface area contributed by atoms with Crippen LogP contribution in [-0.2, 0) is 9.53 Å². The fraction of sp³-hybridized carbons (Fsp3) is 0.400. The second kappa shape index (κ2) is 11.9. The number of esters is 1. The predicted octanol–water partition coefficient (Wildman–Crippen LogP) is -2.48. The molecule has 1 amide bonds. The summed E-state index contributed by atoms with van der Waals surface area (Å²) in [6.07, 6.45) is 0.949. The molecular formula is C15H23N4NaO3. The van der Waals surface area contributed by atoms with Crippen molar-refractivity contribution in [3.8, 4) is 0 Å². The average molecular weight is 330 g/mol. The summed E-state index contributed by atoms with van der Waals surface area (Å²) in [5, 5.41) is 2.68.